The van der Waals surface area contributed by atoms with Crippen LogP contribution in [0.5, 0.6) is 0 Å². The van der Waals surface area contributed by atoms with E-state index in [9.17, 15) is 0 Å². The molecule has 2 nitrogen and oxygen atoms in total. The van der Waals surface area contributed by atoms with E-state index in [2.05, 4.69) is 0 Å². The first kappa shape index (κ1) is 191. The van der Waals surface area contributed by atoms with E-state index in [0.29, 0.717) is 0 Å². The molecule has 0 heterocycles. The SMILES string of the molecule is [C-]#N.[C-]#N.[CH3-].[CH3-].[CH3-].[CH3-].[Cu+2].[Cu+2].[Li+].[Li+]. The van der Waals surface area contributed by atoms with E-state index < -0.39 is 0 Å². The minimum atomic E-state index is 0. The van der Waals surface area contributed by atoms with Gasteiger partial charge in [0.2, 0.25) is 0 Å². The number of hydrogen-bond acceptors (Lipinski definition) is 2. The monoisotopic (exact) mass is 252 g/mol. The van der Waals surface area contributed by atoms with Crippen LogP contribution >= 0.6 is 0 Å². The summed E-state index contributed by atoms with van der Waals surface area (Å²) in [5.74, 6) is 0. The average Bonchev–Trinajstić information content (AvgIpc) is 1.50. The molecule has 0 unspecified atom stereocenters. The van der Waals surface area contributed by atoms with Gasteiger partial charge in [-0.1, -0.05) is 0 Å². The van der Waals surface area contributed by atoms with Crippen LogP contribution in [0, 0.1) is 53.4 Å². The van der Waals surface area contributed by atoms with Gasteiger partial charge in [0.05, 0.1) is 0 Å². The second-order valence-corrected chi connectivity index (χ2v) is 0. The van der Waals surface area contributed by atoms with Gasteiger partial charge >= 0.3 is 71.9 Å². The van der Waals surface area contributed by atoms with Gasteiger partial charge in [-0.2, -0.15) is 0 Å². The fourth-order valence-corrected chi connectivity index (χ4v) is 0. The zero-order chi connectivity index (χ0) is 4.00. The van der Waals surface area contributed by atoms with Crippen LogP contribution in [-0.4, -0.2) is 0 Å². The first-order valence-electron chi connectivity index (χ1n) is 0.447. The van der Waals surface area contributed by atoms with Crippen molar-refractivity contribution >= 4 is 0 Å². The predicted octanol–water partition coefficient (Wildman–Crippen LogP) is -4.00. The van der Waals surface area contributed by atoms with Crippen LogP contribution in [0.25, 0.3) is 0 Å². The summed E-state index contributed by atoms with van der Waals surface area (Å²) < 4.78 is 0. The summed E-state index contributed by atoms with van der Waals surface area (Å²) in [5.41, 5.74) is 0. The quantitative estimate of drug-likeness (QED) is 0.326. The molecule has 6 heteroatoms. The summed E-state index contributed by atoms with van der Waals surface area (Å²) >= 11 is 0. The average molecular weight is 253 g/mol. The molecule has 0 spiro atoms. The Labute approximate surface area is 124 Å². The van der Waals surface area contributed by atoms with Crippen molar-refractivity contribution in [2.24, 2.45) is 0 Å². The normalized spacial score (nSPS) is 0.333. The van der Waals surface area contributed by atoms with Gasteiger partial charge < -0.3 is 53.4 Å². The molecule has 0 aromatic carbocycles. The van der Waals surface area contributed by atoms with Gasteiger partial charge in [0, 0.05) is 0 Å². The summed E-state index contributed by atoms with van der Waals surface area (Å²) in [6, 6.07) is 0. The Hall–Kier alpha value is 1.21. The standard InChI is InChI=1S/2CN.4CH3.2Cu.2Li/c2*1-2;;;;;;;;/h;;4*1H3;;;;/q6*-1;2*+2;2*+1. The molecule has 0 aromatic rings. The zero-order valence-corrected chi connectivity index (χ0v) is 10.4. The van der Waals surface area contributed by atoms with Crippen LogP contribution in [0.1, 0.15) is 0 Å². The van der Waals surface area contributed by atoms with Crippen molar-refractivity contribution in [1.29, 1.82) is 10.5 Å². The zero-order valence-electron chi connectivity index (χ0n) is 8.50. The summed E-state index contributed by atoms with van der Waals surface area (Å²) in [6.07, 6.45) is 0. The Balaban J connectivity index is -0.000000000500. The van der Waals surface area contributed by atoms with Gasteiger partial charge in [0.25, 0.3) is 0 Å². The van der Waals surface area contributed by atoms with E-state index in [4.69, 9.17) is 23.7 Å². The fourth-order valence-electron chi connectivity index (χ4n) is 0. The molecule has 0 saturated heterocycles. The van der Waals surface area contributed by atoms with Crippen molar-refractivity contribution in [3.05, 3.63) is 42.9 Å². The molecule has 0 saturated carbocycles. The first-order chi connectivity index (χ1) is 2.00. The Morgan fingerprint density at radius 3 is 0.500 bits per heavy atom. The topological polar surface area (TPSA) is 47.6 Å². The van der Waals surface area contributed by atoms with Crippen molar-refractivity contribution in [3.8, 4) is 0 Å². The molecule has 0 fully saturated rings. The van der Waals surface area contributed by atoms with E-state index in [-0.39, 0.29) is 102 Å². The maximum atomic E-state index is 6.25. The Kier molecular flexibility index (Phi) is 16600. The smallest absolute Gasteiger partial charge is 0.512 e. The third kappa shape index (κ3) is 794. The second-order valence-electron chi connectivity index (χ2n) is 0. The summed E-state index contributed by atoms with van der Waals surface area (Å²) in [6.45, 7) is 9.50. The molecule has 0 aliphatic carbocycles. The predicted molar refractivity (Wildman–Crippen MR) is 35.6 cm³/mol. The molecule has 2 radical (unpaired) electrons. The van der Waals surface area contributed by atoms with E-state index >= 15 is 0 Å². The molecule has 0 N–H and O–H groups in total. The second kappa shape index (κ2) is 1040. The van der Waals surface area contributed by atoms with Crippen molar-refractivity contribution in [2.75, 3.05) is 0 Å². The van der Waals surface area contributed by atoms with Gasteiger partial charge in [0.1, 0.15) is 0 Å². The van der Waals surface area contributed by atoms with E-state index in [1.54, 1.807) is 0 Å². The summed E-state index contributed by atoms with van der Waals surface area (Å²) in [7, 11) is 0. The van der Waals surface area contributed by atoms with Gasteiger partial charge in [0.15, 0.2) is 0 Å². The molecule has 0 rings (SSSR count). The minimum Gasteiger partial charge on any atom is -0.512 e. The van der Waals surface area contributed by atoms with E-state index in [0.717, 1.165) is 0 Å². The third-order valence-corrected chi connectivity index (χ3v) is 0. The van der Waals surface area contributed by atoms with Gasteiger partial charge in [-0.25, -0.2) is 0 Å². The molecule has 0 aliphatic heterocycles. The maximum absolute atomic E-state index is 6.25. The van der Waals surface area contributed by atoms with Crippen molar-refractivity contribution in [1.82, 2.24) is 0 Å². The molecular weight excluding hydrogens is 241 g/mol. The van der Waals surface area contributed by atoms with Crippen LogP contribution < -0.4 is 37.7 Å². The Morgan fingerprint density at radius 1 is 0.500 bits per heavy atom. The number of rotatable bonds is 0. The number of hydrogen-bond donors (Lipinski definition) is 0. The summed E-state index contributed by atoms with van der Waals surface area (Å²) in [4.78, 5) is 0. The number of nitrogens with zero attached hydrogens (tertiary/aromatic N) is 2. The molecule has 70 valence electrons. The molecule has 0 aromatic heterocycles. The third-order valence-electron chi connectivity index (χ3n) is 0. The van der Waals surface area contributed by atoms with Crippen molar-refractivity contribution < 1.29 is 71.9 Å². The summed E-state index contributed by atoms with van der Waals surface area (Å²) in [5, 5.41) is 12.5. The van der Waals surface area contributed by atoms with E-state index in [1.165, 1.54) is 0 Å². The molecule has 12 heavy (non-hydrogen) atoms. The van der Waals surface area contributed by atoms with Crippen LogP contribution in [0.4, 0.5) is 0 Å². The fraction of sp³-hybridized carbons (Fsp3) is 0. The molecule has 0 bridgehead atoms. The first-order valence-corrected chi connectivity index (χ1v) is 0.447. The van der Waals surface area contributed by atoms with Crippen LogP contribution in [0.15, 0.2) is 0 Å². The van der Waals surface area contributed by atoms with Crippen molar-refractivity contribution in [2.45, 2.75) is 0 Å². The molecule has 0 atom stereocenters. The molecule has 0 aliphatic rings. The minimum absolute atomic E-state index is 0. The van der Waals surface area contributed by atoms with Crippen molar-refractivity contribution in [3.63, 3.8) is 0 Å². The van der Waals surface area contributed by atoms with E-state index in [1.807, 2.05) is 0 Å². The van der Waals surface area contributed by atoms with Gasteiger partial charge in [-0.15, -0.1) is 0 Å². The maximum Gasteiger partial charge on any atom is 2.00 e. The van der Waals surface area contributed by atoms with Gasteiger partial charge in [-0.3, -0.25) is 0 Å². The Bertz CT molecular complexity index is 37.0. The van der Waals surface area contributed by atoms with Crippen LogP contribution in [-0.2, 0) is 34.1 Å². The largest absolute Gasteiger partial charge is 2.00 e. The molecular formula is C6H12Cu2Li2N2. The molecule has 0 amide bonds. The van der Waals surface area contributed by atoms with Crippen LogP contribution in [0.3, 0.4) is 0 Å². The van der Waals surface area contributed by atoms with Crippen LogP contribution in [0.2, 0.25) is 0 Å². The Morgan fingerprint density at radius 2 is 0.500 bits per heavy atom. The van der Waals surface area contributed by atoms with Gasteiger partial charge in [-0.05, 0) is 0 Å².